The van der Waals surface area contributed by atoms with Gasteiger partial charge in [-0.15, -0.1) is 0 Å². The molecule has 0 aliphatic heterocycles. The standard InChI is InChI=1S/C25H21N3O2/c1-4-17-5-7-18(8-6-17)23-26-24(19-9-13-21(29-2)14-10-19)28-25(27-23)20-11-15-22(30-3)16-12-20/h4-16H,1H2,2-3H3. The van der Waals surface area contributed by atoms with Gasteiger partial charge in [0.1, 0.15) is 11.5 Å². The molecule has 5 heteroatoms. The van der Waals surface area contributed by atoms with Crippen LogP contribution in [0.15, 0.2) is 79.4 Å². The molecule has 148 valence electrons. The fraction of sp³-hybridized carbons (Fsp3) is 0.0800. The van der Waals surface area contributed by atoms with E-state index in [0.717, 1.165) is 33.8 Å². The molecule has 1 heterocycles. The number of ether oxygens (including phenoxy) is 2. The van der Waals surface area contributed by atoms with Crippen molar-refractivity contribution in [1.82, 2.24) is 15.0 Å². The summed E-state index contributed by atoms with van der Waals surface area (Å²) >= 11 is 0. The fourth-order valence-corrected chi connectivity index (χ4v) is 3.01. The summed E-state index contributed by atoms with van der Waals surface area (Å²) in [5.41, 5.74) is 3.72. The van der Waals surface area contributed by atoms with Crippen molar-refractivity contribution in [3.05, 3.63) is 84.9 Å². The highest BCUT2D eigenvalue weighted by molar-refractivity contribution is 5.67. The van der Waals surface area contributed by atoms with Crippen LogP contribution in [-0.4, -0.2) is 29.2 Å². The normalized spacial score (nSPS) is 10.5. The van der Waals surface area contributed by atoms with Gasteiger partial charge in [-0.25, -0.2) is 15.0 Å². The van der Waals surface area contributed by atoms with Crippen LogP contribution in [0.2, 0.25) is 0 Å². The summed E-state index contributed by atoms with van der Waals surface area (Å²) in [6.07, 6.45) is 1.81. The summed E-state index contributed by atoms with van der Waals surface area (Å²) < 4.78 is 10.5. The Balaban J connectivity index is 1.84. The molecule has 0 radical (unpaired) electrons. The van der Waals surface area contributed by atoms with Gasteiger partial charge in [-0.05, 0) is 54.1 Å². The zero-order valence-electron chi connectivity index (χ0n) is 16.9. The molecule has 0 saturated carbocycles. The van der Waals surface area contributed by atoms with E-state index in [1.165, 1.54) is 0 Å². The predicted molar refractivity (Wildman–Crippen MR) is 119 cm³/mol. The zero-order chi connectivity index (χ0) is 20.9. The third kappa shape index (κ3) is 4.05. The van der Waals surface area contributed by atoms with Gasteiger partial charge in [0, 0.05) is 16.7 Å². The molecule has 0 amide bonds. The molecular formula is C25H21N3O2. The summed E-state index contributed by atoms with van der Waals surface area (Å²) in [6, 6.07) is 23.3. The maximum atomic E-state index is 5.26. The molecule has 0 aliphatic carbocycles. The maximum absolute atomic E-state index is 5.26. The van der Waals surface area contributed by atoms with Crippen LogP contribution in [0.4, 0.5) is 0 Å². The van der Waals surface area contributed by atoms with Crippen LogP contribution in [0.1, 0.15) is 5.56 Å². The first-order chi connectivity index (χ1) is 14.7. The van der Waals surface area contributed by atoms with Gasteiger partial charge in [-0.1, -0.05) is 36.9 Å². The molecule has 4 aromatic rings. The van der Waals surface area contributed by atoms with E-state index in [2.05, 4.69) is 6.58 Å². The van der Waals surface area contributed by atoms with E-state index in [4.69, 9.17) is 24.4 Å². The van der Waals surface area contributed by atoms with Crippen molar-refractivity contribution in [2.75, 3.05) is 14.2 Å². The van der Waals surface area contributed by atoms with Crippen molar-refractivity contribution in [1.29, 1.82) is 0 Å². The van der Waals surface area contributed by atoms with Crippen molar-refractivity contribution in [3.8, 4) is 45.7 Å². The lowest BCUT2D eigenvalue weighted by molar-refractivity contribution is 0.415. The zero-order valence-corrected chi connectivity index (χ0v) is 16.9. The lowest BCUT2D eigenvalue weighted by Crippen LogP contribution is -2.00. The second-order valence-electron chi connectivity index (χ2n) is 6.59. The second kappa shape index (κ2) is 8.57. The number of aromatic nitrogens is 3. The van der Waals surface area contributed by atoms with E-state index in [9.17, 15) is 0 Å². The second-order valence-corrected chi connectivity index (χ2v) is 6.59. The van der Waals surface area contributed by atoms with E-state index >= 15 is 0 Å². The molecule has 30 heavy (non-hydrogen) atoms. The summed E-state index contributed by atoms with van der Waals surface area (Å²) in [7, 11) is 3.29. The summed E-state index contributed by atoms with van der Waals surface area (Å²) in [5, 5.41) is 0. The Hall–Kier alpha value is -3.99. The molecule has 0 atom stereocenters. The fourth-order valence-electron chi connectivity index (χ4n) is 3.01. The highest BCUT2D eigenvalue weighted by atomic mass is 16.5. The van der Waals surface area contributed by atoms with E-state index in [1.54, 1.807) is 14.2 Å². The molecule has 0 saturated heterocycles. The smallest absolute Gasteiger partial charge is 0.164 e. The molecule has 1 aromatic heterocycles. The number of nitrogens with zero attached hydrogens (tertiary/aromatic N) is 3. The number of hydrogen-bond acceptors (Lipinski definition) is 5. The minimum atomic E-state index is 0.598. The Labute approximate surface area is 175 Å². The Morgan fingerprint density at radius 1 is 0.567 bits per heavy atom. The van der Waals surface area contributed by atoms with Crippen LogP contribution >= 0.6 is 0 Å². The third-order valence-corrected chi connectivity index (χ3v) is 4.74. The molecule has 0 fully saturated rings. The lowest BCUT2D eigenvalue weighted by atomic mass is 10.1. The topological polar surface area (TPSA) is 57.1 Å². The van der Waals surface area contributed by atoms with Gasteiger partial charge in [-0.3, -0.25) is 0 Å². The first-order valence-corrected chi connectivity index (χ1v) is 9.48. The van der Waals surface area contributed by atoms with E-state index in [-0.39, 0.29) is 0 Å². The Bertz CT molecular complexity index is 1090. The van der Waals surface area contributed by atoms with E-state index < -0.39 is 0 Å². The van der Waals surface area contributed by atoms with Crippen LogP contribution in [0.25, 0.3) is 40.2 Å². The summed E-state index contributed by atoms with van der Waals surface area (Å²) in [5.74, 6) is 3.37. The molecule has 0 N–H and O–H groups in total. The minimum absolute atomic E-state index is 0.598. The third-order valence-electron chi connectivity index (χ3n) is 4.74. The average Bonchev–Trinajstić information content (AvgIpc) is 2.84. The Kier molecular flexibility index (Phi) is 5.52. The predicted octanol–water partition coefficient (Wildman–Crippen LogP) is 5.53. The first kappa shape index (κ1) is 19.3. The van der Waals surface area contributed by atoms with E-state index in [1.807, 2.05) is 78.9 Å². The number of benzene rings is 3. The molecule has 0 spiro atoms. The van der Waals surface area contributed by atoms with Crippen LogP contribution < -0.4 is 9.47 Å². The quantitative estimate of drug-likeness (QED) is 0.429. The number of hydrogen-bond donors (Lipinski definition) is 0. The number of methoxy groups -OCH3 is 2. The highest BCUT2D eigenvalue weighted by Gasteiger charge is 2.12. The first-order valence-electron chi connectivity index (χ1n) is 9.48. The molecule has 5 nitrogen and oxygen atoms in total. The molecule has 0 unspecified atom stereocenters. The van der Waals surface area contributed by atoms with Gasteiger partial charge >= 0.3 is 0 Å². The molecular weight excluding hydrogens is 374 g/mol. The van der Waals surface area contributed by atoms with Crippen LogP contribution in [0.3, 0.4) is 0 Å². The molecule has 3 aromatic carbocycles. The van der Waals surface area contributed by atoms with E-state index in [0.29, 0.717) is 17.5 Å². The van der Waals surface area contributed by atoms with Crippen molar-refractivity contribution >= 4 is 6.08 Å². The average molecular weight is 395 g/mol. The molecule has 0 bridgehead atoms. The van der Waals surface area contributed by atoms with Gasteiger partial charge in [0.2, 0.25) is 0 Å². The Morgan fingerprint density at radius 3 is 1.20 bits per heavy atom. The Morgan fingerprint density at radius 2 is 0.900 bits per heavy atom. The maximum Gasteiger partial charge on any atom is 0.164 e. The van der Waals surface area contributed by atoms with Crippen molar-refractivity contribution in [3.63, 3.8) is 0 Å². The van der Waals surface area contributed by atoms with Gasteiger partial charge in [-0.2, -0.15) is 0 Å². The molecule has 0 aliphatic rings. The molecule has 4 rings (SSSR count). The largest absolute Gasteiger partial charge is 0.497 e. The summed E-state index contributed by atoms with van der Waals surface area (Å²) in [6.45, 7) is 3.81. The summed E-state index contributed by atoms with van der Waals surface area (Å²) in [4.78, 5) is 14.2. The van der Waals surface area contributed by atoms with Crippen molar-refractivity contribution < 1.29 is 9.47 Å². The SMILES string of the molecule is C=Cc1ccc(-c2nc(-c3ccc(OC)cc3)nc(-c3ccc(OC)cc3)n2)cc1. The van der Waals surface area contributed by atoms with Crippen LogP contribution in [0, 0.1) is 0 Å². The van der Waals surface area contributed by atoms with Gasteiger partial charge in [0.15, 0.2) is 17.5 Å². The van der Waals surface area contributed by atoms with Crippen LogP contribution in [0.5, 0.6) is 11.5 Å². The minimum Gasteiger partial charge on any atom is -0.497 e. The van der Waals surface area contributed by atoms with Gasteiger partial charge in [0.25, 0.3) is 0 Å². The van der Waals surface area contributed by atoms with Gasteiger partial charge in [0.05, 0.1) is 14.2 Å². The van der Waals surface area contributed by atoms with Crippen LogP contribution in [-0.2, 0) is 0 Å². The van der Waals surface area contributed by atoms with Crippen molar-refractivity contribution in [2.24, 2.45) is 0 Å². The van der Waals surface area contributed by atoms with Gasteiger partial charge < -0.3 is 9.47 Å². The lowest BCUT2D eigenvalue weighted by Gasteiger charge is -2.09. The monoisotopic (exact) mass is 395 g/mol. The highest BCUT2D eigenvalue weighted by Crippen LogP contribution is 2.27. The number of rotatable bonds is 6. The van der Waals surface area contributed by atoms with Crippen molar-refractivity contribution in [2.45, 2.75) is 0 Å².